The number of carbonyl (C=O) groups is 2. The Labute approximate surface area is 156 Å². The molecule has 0 unspecified atom stereocenters. The molecule has 2 rings (SSSR count). The average Bonchev–Trinajstić information content (AvgIpc) is 3.01. The van der Waals surface area contributed by atoms with E-state index in [1.807, 2.05) is 0 Å². The van der Waals surface area contributed by atoms with E-state index in [-0.39, 0.29) is 29.3 Å². The summed E-state index contributed by atoms with van der Waals surface area (Å²) in [6.45, 7) is 3.23. The molecule has 11 nitrogen and oxygen atoms in total. The minimum absolute atomic E-state index is 0.00796. The van der Waals surface area contributed by atoms with Crippen molar-refractivity contribution in [1.82, 2.24) is 4.98 Å². The van der Waals surface area contributed by atoms with Crippen molar-refractivity contribution in [2.75, 3.05) is 11.9 Å². The molecule has 27 heavy (non-hydrogen) atoms. The molecule has 0 aliphatic rings. The van der Waals surface area contributed by atoms with Crippen molar-refractivity contribution in [2.45, 2.75) is 20.3 Å². The van der Waals surface area contributed by atoms with Crippen molar-refractivity contribution >= 4 is 39.7 Å². The molecule has 0 saturated carbocycles. The van der Waals surface area contributed by atoms with Gasteiger partial charge in [-0.1, -0.05) is 0 Å². The van der Waals surface area contributed by atoms with Crippen LogP contribution in [0, 0.1) is 27.2 Å². The van der Waals surface area contributed by atoms with E-state index in [2.05, 4.69) is 10.3 Å². The standard InChI is InChI=1S/C15H14N4O7S/c1-3-26-13(20)4-9-7-27-15(16-9)17-14(21)11-5-10(18(22)23)6-12(8(11)2)19(24)25/h5-7H,3-4H2,1-2H3,(H,16,17,21). The van der Waals surface area contributed by atoms with Gasteiger partial charge >= 0.3 is 5.97 Å². The minimum atomic E-state index is -0.815. The first-order chi connectivity index (χ1) is 12.7. The molecular weight excluding hydrogens is 380 g/mol. The van der Waals surface area contributed by atoms with E-state index in [1.54, 1.807) is 12.3 Å². The second-order valence-corrected chi connectivity index (χ2v) is 6.09. The summed E-state index contributed by atoms with van der Waals surface area (Å²) in [5.41, 5.74) is -0.934. The topological polar surface area (TPSA) is 155 Å². The number of hydrogen-bond acceptors (Lipinski definition) is 9. The molecule has 0 radical (unpaired) electrons. The number of aromatic nitrogens is 1. The van der Waals surface area contributed by atoms with Crippen LogP contribution in [0.2, 0.25) is 0 Å². The van der Waals surface area contributed by atoms with E-state index < -0.39 is 33.1 Å². The molecule has 1 aromatic heterocycles. The van der Waals surface area contributed by atoms with Crippen molar-refractivity contribution in [2.24, 2.45) is 0 Å². The van der Waals surface area contributed by atoms with E-state index in [0.717, 1.165) is 23.5 Å². The molecule has 142 valence electrons. The fourth-order valence-corrected chi connectivity index (χ4v) is 2.89. The Hall–Kier alpha value is -3.41. The molecule has 0 aliphatic carbocycles. The van der Waals surface area contributed by atoms with Gasteiger partial charge in [0.25, 0.3) is 17.3 Å². The highest BCUT2D eigenvalue weighted by Gasteiger charge is 2.25. The van der Waals surface area contributed by atoms with Crippen molar-refractivity contribution in [3.8, 4) is 0 Å². The lowest BCUT2D eigenvalue weighted by molar-refractivity contribution is -0.394. The summed E-state index contributed by atoms with van der Waals surface area (Å²) in [4.78, 5) is 48.4. The van der Waals surface area contributed by atoms with Gasteiger partial charge < -0.3 is 4.74 Å². The Morgan fingerprint density at radius 2 is 1.96 bits per heavy atom. The first-order valence-electron chi connectivity index (χ1n) is 7.57. The molecule has 1 N–H and O–H groups in total. The highest BCUT2D eigenvalue weighted by Crippen LogP contribution is 2.29. The second-order valence-electron chi connectivity index (χ2n) is 5.23. The molecular formula is C15H14N4O7S. The number of benzene rings is 1. The number of nitrogens with zero attached hydrogens (tertiary/aromatic N) is 3. The maximum absolute atomic E-state index is 12.4. The van der Waals surface area contributed by atoms with Gasteiger partial charge in [-0.2, -0.15) is 0 Å². The van der Waals surface area contributed by atoms with E-state index in [0.29, 0.717) is 5.69 Å². The van der Waals surface area contributed by atoms with Crippen molar-refractivity contribution in [1.29, 1.82) is 0 Å². The van der Waals surface area contributed by atoms with Crippen LogP contribution >= 0.6 is 11.3 Å². The van der Waals surface area contributed by atoms with E-state index >= 15 is 0 Å². The zero-order chi connectivity index (χ0) is 20.1. The van der Waals surface area contributed by atoms with Gasteiger partial charge in [-0.3, -0.25) is 35.1 Å². The maximum atomic E-state index is 12.4. The molecule has 0 saturated heterocycles. The predicted octanol–water partition coefficient (Wildman–Crippen LogP) is 2.63. The number of nitro groups is 2. The maximum Gasteiger partial charge on any atom is 0.311 e. The number of non-ortho nitro benzene ring substituents is 1. The highest BCUT2D eigenvalue weighted by atomic mass is 32.1. The number of esters is 1. The van der Waals surface area contributed by atoms with Gasteiger partial charge in [-0.25, -0.2) is 4.98 Å². The Balaban J connectivity index is 2.26. The van der Waals surface area contributed by atoms with Crippen molar-refractivity contribution < 1.29 is 24.2 Å². The van der Waals surface area contributed by atoms with E-state index in [1.165, 1.54) is 6.92 Å². The predicted molar refractivity (Wildman–Crippen MR) is 94.9 cm³/mol. The smallest absolute Gasteiger partial charge is 0.311 e. The van der Waals surface area contributed by atoms with E-state index in [4.69, 9.17) is 4.74 Å². The van der Waals surface area contributed by atoms with E-state index in [9.17, 15) is 29.8 Å². The molecule has 0 spiro atoms. The fourth-order valence-electron chi connectivity index (χ4n) is 2.18. The van der Waals surface area contributed by atoms with Crippen LogP contribution in [0.1, 0.15) is 28.5 Å². The summed E-state index contributed by atoms with van der Waals surface area (Å²) in [7, 11) is 0. The molecule has 1 amide bonds. The van der Waals surface area contributed by atoms with Gasteiger partial charge in [0.2, 0.25) is 0 Å². The quantitative estimate of drug-likeness (QED) is 0.427. The molecule has 0 bridgehead atoms. The third-order valence-electron chi connectivity index (χ3n) is 3.42. The van der Waals surface area contributed by atoms with Gasteiger partial charge in [-0.15, -0.1) is 11.3 Å². The number of carbonyl (C=O) groups excluding carboxylic acids is 2. The SMILES string of the molecule is CCOC(=O)Cc1csc(NC(=O)c2cc([N+](=O)[O-])cc([N+](=O)[O-])c2C)n1. The molecule has 0 aliphatic heterocycles. The van der Waals surface area contributed by atoms with Gasteiger partial charge in [0.05, 0.1) is 40.2 Å². The van der Waals surface area contributed by atoms with Crippen LogP contribution in [0.15, 0.2) is 17.5 Å². The molecule has 0 fully saturated rings. The highest BCUT2D eigenvalue weighted by molar-refractivity contribution is 7.14. The van der Waals surface area contributed by atoms with Crippen LogP contribution in [0.25, 0.3) is 0 Å². The van der Waals surface area contributed by atoms with Crippen LogP contribution in [0.5, 0.6) is 0 Å². The van der Waals surface area contributed by atoms with Gasteiger partial charge in [0.1, 0.15) is 0 Å². The van der Waals surface area contributed by atoms with Crippen LogP contribution < -0.4 is 5.32 Å². The van der Waals surface area contributed by atoms with Crippen LogP contribution in [-0.4, -0.2) is 33.3 Å². The number of ether oxygens (including phenoxy) is 1. The zero-order valence-corrected chi connectivity index (χ0v) is 15.1. The summed E-state index contributed by atoms with van der Waals surface area (Å²) >= 11 is 1.04. The van der Waals surface area contributed by atoms with Gasteiger partial charge in [0, 0.05) is 17.0 Å². The summed E-state index contributed by atoms with van der Waals surface area (Å²) in [5.74, 6) is -1.25. The summed E-state index contributed by atoms with van der Waals surface area (Å²) < 4.78 is 4.80. The Morgan fingerprint density at radius 1 is 1.26 bits per heavy atom. The number of nitro benzene ring substituents is 2. The third-order valence-corrected chi connectivity index (χ3v) is 4.23. The first kappa shape index (κ1) is 19.9. The normalized spacial score (nSPS) is 10.3. The summed E-state index contributed by atoms with van der Waals surface area (Å²) in [6, 6.07) is 1.76. The Bertz CT molecular complexity index is 925. The largest absolute Gasteiger partial charge is 0.466 e. The lowest BCUT2D eigenvalue weighted by atomic mass is 10.0. The Morgan fingerprint density at radius 3 is 2.56 bits per heavy atom. The monoisotopic (exact) mass is 394 g/mol. The number of rotatable bonds is 7. The minimum Gasteiger partial charge on any atom is -0.466 e. The third kappa shape index (κ3) is 4.82. The number of nitrogens with one attached hydrogen (secondary N) is 1. The lowest BCUT2D eigenvalue weighted by Gasteiger charge is -2.06. The number of amides is 1. The van der Waals surface area contributed by atoms with Crippen LogP contribution in [0.3, 0.4) is 0 Å². The van der Waals surface area contributed by atoms with Gasteiger partial charge in [-0.05, 0) is 13.8 Å². The number of thiazole rings is 1. The zero-order valence-electron chi connectivity index (χ0n) is 14.3. The Kier molecular flexibility index (Phi) is 6.13. The average molecular weight is 394 g/mol. The van der Waals surface area contributed by atoms with Crippen molar-refractivity contribution in [3.63, 3.8) is 0 Å². The fraction of sp³-hybridized carbons (Fsp3) is 0.267. The van der Waals surface area contributed by atoms with Gasteiger partial charge in [0.15, 0.2) is 5.13 Å². The van der Waals surface area contributed by atoms with Crippen LogP contribution in [0.4, 0.5) is 16.5 Å². The lowest BCUT2D eigenvalue weighted by Crippen LogP contribution is -2.15. The summed E-state index contributed by atoms with van der Waals surface area (Å²) in [6.07, 6.45) is -0.0679. The molecule has 12 heteroatoms. The molecule has 2 aromatic rings. The number of hydrogen-bond donors (Lipinski definition) is 1. The molecule has 1 heterocycles. The molecule has 1 aromatic carbocycles. The van der Waals surface area contributed by atoms with Crippen molar-refractivity contribution in [3.05, 3.63) is 54.6 Å². The first-order valence-corrected chi connectivity index (χ1v) is 8.45. The van der Waals surface area contributed by atoms with Crippen LogP contribution in [-0.2, 0) is 16.0 Å². The number of anilines is 1. The summed E-state index contributed by atoms with van der Waals surface area (Å²) in [5, 5.41) is 26.2. The molecule has 0 atom stereocenters. The second kappa shape index (κ2) is 8.31.